The number of aryl methyl sites for hydroxylation is 2. The van der Waals surface area contributed by atoms with Gasteiger partial charge in [-0.2, -0.15) is 0 Å². The number of hydrogen-bond donors (Lipinski definition) is 0. The van der Waals surface area contributed by atoms with Gasteiger partial charge < -0.3 is 9.30 Å². The molecule has 1 saturated heterocycles. The van der Waals surface area contributed by atoms with Crippen molar-refractivity contribution in [3.63, 3.8) is 0 Å². The van der Waals surface area contributed by atoms with Crippen LogP contribution in [0.1, 0.15) is 39.8 Å². The van der Waals surface area contributed by atoms with Crippen molar-refractivity contribution in [3.05, 3.63) is 56.9 Å². The zero-order valence-electron chi connectivity index (χ0n) is 16.0. The lowest BCUT2D eigenvalue weighted by atomic mass is 10.1. The molecule has 1 aromatic carbocycles. The predicted octanol–water partition coefficient (Wildman–Crippen LogP) is 2.94. The van der Waals surface area contributed by atoms with E-state index in [0.717, 1.165) is 11.3 Å². The molecule has 2 aromatic rings. The van der Waals surface area contributed by atoms with Gasteiger partial charge in [0.05, 0.1) is 16.4 Å². The zero-order chi connectivity index (χ0) is 20.6. The number of nitrogens with zero attached hydrogens (tertiary/aromatic N) is 2. The summed E-state index contributed by atoms with van der Waals surface area (Å²) in [6, 6.07) is 6.03. The van der Waals surface area contributed by atoms with E-state index in [1.54, 1.807) is 26.0 Å². The SMILES string of the molecule is Cc1ccc([N+](=O)[O-])c(OCC(=O)c2cc(C)n(C3CCS(=O)(=O)C3)c2C)c1. The molecule has 1 unspecified atom stereocenters. The maximum absolute atomic E-state index is 12.7. The normalized spacial score (nSPS) is 18.2. The number of nitro groups is 1. The van der Waals surface area contributed by atoms with Crippen molar-refractivity contribution >= 4 is 21.3 Å². The lowest BCUT2D eigenvalue weighted by Crippen LogP contribution is -2.16. The fraction of sp³-hybridized carbons (Fsp3) is 0.421. The molecule has 0 aliphatic carbocycles. The Bertz CT molecular complexity index is 1050. The Balaban J connectivity index is 1.80. The van der Waals surface area contributed by atoms with E-state index in [2.05, 4.69) is 0 Å². The quantitative estimate of drug-likeness (QED) is 0.414. The van der Waals surface area contributed by atoms with E-state index in [-0.39, 0.29) is 41.4 Å². The second kappa shape index (κ2) is 7.38. The van der Waals surface area contributed by atoms with Crippen LogP contribution in [0, 0.1) is 30.9 Å². The molecule has 1 atom stereocenters. The van der Waals surface area contributed by atoms with Crippen LogP contribution in [0.5, 0.6) is 5.75 Å². The molecular formula is C19H22N2O6S. The van der Waals surface area contributed by atoms with Crippen LogP contribution in [-0.4, -0.2) is 41.8 Å². The van der Waals surface area contributed by atoms with Crippen LogP contribution in [0.4, 0.5) is 5.69 Å². The molecule has 8 nitrogen and oxygen atoms in total. The lowest BCUT2D eigenvalue weighted by molar-refractivity contribution is -0.385. The van der Waals surface area contributed by atoms with E-state index in [1.807, 2.05) is 11.5 Å². The average Bonchev–Trinajstić information content (AvgIpc) is 3.10. The summed E-state index contributed by atoms with van der Waals surface area (Å²) in [6.07, 6.45) is 0.526. The van der Waals surface area contributed by atoms with Gasteiger partial charge in [-0.05, 0) is 44.9 Å². The van der Waals surface area contributed by atoms with Gasteiger partial charge in [-0.1, -0.05) is 6.07 Å². The summed E-state index contributed by atoms with van der Waals surface area (Å²) in [4.78, 5) is 23.3. The van der Waals surface area contributed by atoms with E-state index < -0.39 is 14.8 Å². The molecule has 0 saturated carbocycles. The molecule has 0 radical (unpaired) electrons. The van der Waals surface area contributed by atoms with Gasteiger partial charge in [0.1, 0.15) is 0 Å². The topological polar surface area (TPSA) is 109 Å². The van der Waals surface area contributed by atoms with Crippen LogP contribution in [-0.2, 0) is 9.84 Å². The molecule has 1 aromatic heterocycles. The summed E-state index contributed by atoms with van der Waals surface area (Å²) in [5.74, 6) is -0.0359. The zero-order valence-corrected chi connectivity index (χ0v) is 16.8. The van der Waals surface area contributed by atoms with Crippen molar-refractivity contribution in [3.8, 4) is 5.75 Å². The summed E-state index contributed by atoms with van der Waals surface area (Å²) in [5, 5.41) is 11.1. The first-order valence-corrected chi connectivity index (χ1v) is 10.7. The number of carbonyl (C=O) groups is 1. The Kier molecular flexibility index (Phi) is 5.29. The molecule has 150 valence electrons. The minimum atomic E-state index is -3.05. The summed E-state index contributed by atoms with van der Waals surface area (Å²) < 4.78 is 30.9. The molecule has 0 amide bonds. The highest BCUT2D eigenvalue weighted by Crippen LogP contribution is 2.30. The second-order valence-electron chi connectivity index (χ2n) is 7.15. The highest BCUT2D eigenvalue weighted by Gasteiger charge is 2.31. The third kappa shape index (κ3) is 3.94. The minimum Gasteiger partial charge on any atom is -0.478 e. The van der Waals surface area contributed by atoms with Crippen LogP contribution in [0.15, 0.2) is 24.3 Å². The van der Waals surface area contributed by atoms with E-state index in [9.17, 15) is 23.3 Å². The van der Waals surface area contributed by atoms with Gasteiger partial charge in [0.25, 0.3) is 0 Å². The maximum Gasteiger partial charge on any atom is 0.310 e. The summed E-state index contributed by atoms with van der Waals surface area (Å²) in [5.41, 5.74) is 2.53. The predicted molar refractivity (Wildman–Crippen MR) is 104 cm³/mol. The molecule has 1 fully saturated rings. The highest BCUT2D eigenvalue weighted by atomic mass is 32.2. The molecule has 28 heavy (non-hydrogen) atoms. The molecule has 0 spiro atoms. The number of benzene rings is 1. The molecule has 0 N–H and O–H groups in total. The maximum atomic E-state index is 12.7. The first-order chi connectivity index (χ1) is 13.1. The Morgan fingerprint density at radius 3 is 2.61 bits per heavy atom. The number of rotatable bonds is 6. The Labute approximate surface area is 163 Å². The number of ketones is 1. The Morgan fingerprint density at radius 2 is 2.00 bits per heavy atom. The Morgan fingerprint density at radius 1 is 1.29 bits per heavy atom. The number of nitro benzene ring substituents is 1. The third-order valence-corrected chi connectivity index (χ3v) is 6.78. The van der Waals surface area contributed by atoms with Gasteiger partial charge in [-0.15, -0.1) is 0 Å². The van der Waals surface area contributed by atoms with Crippen molar-refractivity contribution in [2.24, 2.45) is 0 Å². The van der Waals surface area contributed by atoms with Crippen molar-refractivity contribution in [2.45, 2.75) is 33.2 Å². The summed E-state index contributed by atoms with van der Waals surface area (Å²) >= 11 is 0. The van der Waals surface area contributed by atoms with Gasteiger partial charge >= 0.3 is 5.69 Å². The molecule has 0 bridgehead atoms. The molecule has 9 heteroatoms. The minimum absolute atomic E-state index is 0.0500. The van der Waals surface area contributed by atoms with Crippen LogP contribution in [0.3, 0.4) is 0 Å². The molecule has 1 aliphatic heterocycles. The van der Waals surface area contributed by atoms with Crippen LogP contribution in [0.2, 0.25) is 0 Å². The largest absolute Gasteiger partial charge is 0.478 e. The molecule has 2 heterocycles. The summed E-state index contributed by atoms with van der Waals surface area (Å²) in [7, 11) is -3.05. The average molecular weight is 406 g/mol. The van der Waals surface area contributed by atoms with Gasteiger partial charge in [-0.25, -0.2) is 8.42 Å². The van der Waals surface area contributed by atoms with Crippen LogP contribution in [0.25, 0.3) is 0 Å². The molecule has 1 aliphatic rings. The first-order valence-electron chi connectivity index (χ1n) is 8.89. The van der Waals surface area contributed by atoms with Gasteiger partial charge in [0.15, 0.2) is 22.2 Å². The van der Waals surface area contributed by atoms with Crippen molar-refractivity contribution in [1.29, 1.82) is 0 Å². The standard InChI is InChI=1S/C19H22N2O6S/c1-12-4-5-17(21(23)24)19(8-12)27-10-18(22)16-9-13(2)20(14(16)3)15-6-7-28(25,26)11-15/h4-5,8-9,15H,6-7,10-11H2,1-3H3. The molecule has 3 rings (SSSR count). The number of hydrogen-bond acceptors (Lipinski definition) is 6. The monoisotopic (exact) mass is 406 g/mol. The van der Waals surface area contributed by atoms with Gasteiger partial charge in [0, 0.05) is 29.1 Å². The van der Waals surface area contributed by atoms with E-state index in [4.69, 9.17) is 4.74 Å². The smallest absolute Gasteiger partial charge is 0.310 e. The van der Waals surface area contributed by atoms with E-state index in [0.29, 0.717) is 17.7 Å². The van der Waals surface area contributed by atoms with Gasteiger partial charge in [-0.3, -0.25) is 14.9 Å². The van der Waals surface area contributed by atoms with E-state index in [1.165, 1.54) is 12.1 Å². The number of sulfone groups is 1. The van der Waals surface area contributed by atoms with Crippen molar-refractivity contribution < 1.29 is 22.9 Å². The lowest BCUT2D eigenvalue weighted by Gasteiger charge is -2.16. The van der Waals surface area contributed by atoms with Crippen molar-refractivity contribution in [1.82, 2.24) is 4.57 Å². The highest BCUT2D eigenvalue weighted by molar-refractivity contribution is 7.91. The number of carbonyl (C=O) groups excluding carboxylic acids is 1. The first kappa shape index (κ1) is 20.1. The Hall–Kier alpha value is -2.68. The van der Waals surface area contributed by atoms with Crippen LogP contribution >= 0.6 is 0 Å². The number of Topliss-reactive ketones (excluding diaryl/α,β-unsaturated/α-hetero) is 1. The molecular weight excluding hydrogens is 384 g/mol. The number of aromatic nitrogens is 1. The van der Waals surface area contributed by atoms with Crippen LogP contribution < -0.4 is 4.74 Å². The van der Waals surface area contributed by atoms with Gasteiger partial charge in [0.2, 0.25) is 5.78 Å². The fourth-order valence-corrected chi connectivity index (χ4v) is 5.41. The number of ether oxygens (including phenoxy) is 1. The fourth-order valence-electron chi connectivity index (χ4n) is 3.71. The third-order valence-electron chi connectivity index (χ3n) is 5.03. The summed E-state index contributed by atoms with van der Waals surface area (Å²) in [6.45, 7) is 5.06. The second-order valence-corrected chi connectivity index (χ2v) is 9.38. The van der Waals surface area contributed by atoms with Crippen molar-refractivity contribution in [2.75, 3.05) is 18.1 Å². The van der Waals surface area contributed by atoms with E-state index >= 15 is 0 Å².